The largest absolute Gasteiger partial charge is 0.418 e. The number of benzene rings is 1. The van der Waals surface area contributed by atoms with E-state index in [0.29, 0.717) is 16.9 Å². The lowest BCUT2D eigenvalue weighted by Gasteiger charge is -2.07. The normalized spacial score (nSPS) is 12.3. The number of hydrogen-bond acceptors (Lipinski definition) is 1. The lowest BCUT2D eigenvalue weighted by Crippen LogP contribution is -2.06. The number of fused-ring (bicyclic) bond motifs is 1. The zero-order valence-corrected chi connectivity index (χ0v) is 8.24. The van der Waals surface area contributed by atoms with Crippen LogP contribution < -0.4 is 0 Å². The Morgan fingerprint density at radius 1 is 1.20 bits per heavy atom. The highest BCUT2D eigenvalue weighted by Gasteiger charge is 2.33. The number of nitrogens with zero attached hydrogens (tertiary/aromatic N) is 1. The van der Waals surface area contributed by atoms with E-state index in [1.165, 1.54) is 0 Å². The Labute approximate surface area is 84.1 Å². The van der Waals surface area contributed by atoms with Gasteiger partial charge in [-0.25, -0.2) is 4.98 Å². The van der Waals surface area contributed by atoms with Gasteiger partial charge in [-0.3, -0.25) is 0 Å². The zero-order valence-electron chi connectivity index (χ0n) is 8.24. The van der Waals surface area contributed by atoms with Gasteiger partial charge in [-0.15, -0.1) is 0 Å². The van der Waals surface area contributed by atoms with Crippen molar-refractivity contribution in [3.8, 4) is 0 Å². The van der Waals surface area contributed by atoms with Crippen molar-refractivity contribution >= 4 is 11.0 Å². The molecule has 0 atom stereocenters. The molecule has 1 N–H and O–H groups in total. The molecule has 0 saturated heterocycles. The molecule has 0 aliphatic carbocycles. The second kappa shape index (κ2) is 2.98. The first kappa shape index (κ1) is 10.0. The maximum atomic E-state index is 12.7. The summed E-state index contributed by atoms with van der Waals surface area (Å²) < 4.78 is 38.0. The van der Waals surface area contributed by atoms with Crippen molar-refractivity contribution in [2.45, 2.75) is 20.0 Å². The summed E-state index contributed by atoms with van der Waals surface area (Å²) in [6, 6.07) is 2.77. The van der Waals surface area contributed by atoms with Crippen LogP contribution in [0.25, 0.3) is 11.0 Å². The molecule has 2 rings (SSSR count). The van der Waals surface area contributed by atoms with E-state index in [1.807, 2.05) is 0 Å². The van der Waals surface area contributed by atoms with Gasteiger partial charge in [-0.05, 0) is 31.5 Å². The highest BCUT2D eigenvalue weighted by Crippen LogP contribution is 2.34. The molecule has 0 radical (unpaired) electrons. The molecule has 1 aromatic heterocycles. The lowest BCUT2D eigenvalue weighted by molar-refractivity contribution is -0.136. The van der Waals surface area contributed by atoms with Crippen molar-refractivity contribution in [1.29, 1.82) is 0 Å². The van der Waals surface area contributed by atoms with Crippen LogP contribution in [0.3, 0.4) is 0 Å². The third kappa shape index (κ3) is 1.69. The Bertz CT molecular complexity index is 511. The second-order valence-corrected chi connectivity index (χ2v) is 3.53. The standard InChI is InChI=1S/C10H9F3N2/c1-5-3-7(10(11,12)13)9-8(4-5)14-6(2)15-9/h3-4H,1-2H3,(H,14,15). The number of hydrogen-bond donors (Lipinski definition) is 1. The van der Waals surface area contributed by atoms with Gasteiger partial charge in [0.25, 0.3) is 0 Å². The Morgan fingerprint density at radius 3 is 2.47 bits per heavy atom. The van der Waals surface area contributed by atoms with Crippen molar-refractivity contribution in [2.75, 3.05) is 0 Å². The number of alkyl halides is 3. The molecule has 0 amide bonds. The van der Waals surface area contributed by atoms with Crippen LogP contribution in [0, 0.1) is 13.8 Å². The molecule has 2 nitrogen and oxygen atoms in total. The van der Waals surface area contributed by atoms with E-state index in [-0.39, 0.29) is 5.52 Å². The molecule has 5 heteroatoms. The third-order valence-corrected chi connectivity index (χ3v) is 2.15. The van der Waals surface area contributed by atoms with Gasteiger partial charge in [0.15, 0.2) is 0 Å². The fraction of sp³-hybridized carbons (Fsp3) is 0.300. The molecule has 0 bridgehead atoms. The number of rotatable bonds is 0. The van der Waals surface area contributed by atoms with Gasteiger partial charge in [0, 0.05) is 0 Å². The molecule has 1 aromatic carbocycles. The smallest absolute Gasteiger partial charge is 0.342 e. The minimum absolute atomic E-state index is 0.00870. The van der Waals surface area contributed by atoms with Crippen LogP contribution in [-0.2, 0) is 6.18 Å². The summed E-state index contributed by atoms with van der Waals surface area (Å²) in [5.41, 5.74) is 0.311. The molecule has 80 valence electrons. The Hall–Kier alpha value is -1.52. The van der Waals surface area contributed by atoms with E-state index < -0.39 is 11.7 Å². The molecule has 0 unspecified atom stereocenters. The minimum Gasteiger partial charge on any atom is -0.342 e. The van der Waals surface area contributed by atoms with Crippen molar-refractivity contribution < 1.29 is 13.2 Å². The highest BCUT2D eigenvalue weighted by atomic mass is 19.4. The fourth-order valence-electron chi connectivity index (χ4n) is 1.60. The van der Waals surface area contributed by atoms with Crippen LogP contribution in [0.15, 0.2) is 12.1 Å². The quantitative estimate of drug-likeness (QED) is 0.716. The van der Waals surface area contributed by atoms with Gasteiger partial charge in [0.1, 0.15) is 11.3 Å². The molecule has 0 aliphatic rings. The van der Waals surface area contributed by atoms with Gasteiger partial charge in [0.05, 0.1) is 11.1 Å². The predicted octanol–water partition coefficient (Wildman–Crippen LogP) is 3.20. The van der Waals surface area contributed by atoms with E-state index >= 15 is 0 Å². The summed E-state index contributed by atoms with van der Waals surface area (Å²) in [6.45, 7) is 3.26. The summed E-state index contributed by atoms with van der Waals surface area (Å²) in [5.74, 6) is 0.487. The number of nitrogens with one attached hydrogen (secondary N) is 1. The fourth-order valence-corrected chi connectivity index (χ4v) is 1.60. The summed E-state index contributed by atoms with van der Waals surface area (Å²) in [6.07, 6.45) is -4.36. The van der Waals surface area contributed by atoms with Crippen molar-refractivity contribution in [3.63, 3.8) is 0 Å². The van der Waals surface area contributed by atoms with E-state index in [4.69, 9.17) is 0 Å². The number of halogens is 3. The summed E-state index contributed by atoms with van der Waals surface area (Å²) >= 11 is 0. The average molecular weight is 214 g/mol. The number of imidazole rings is 1. The minimum atomic E-state index is -4.36. The number of aromatic nitrogens is 2. The van der Waals surface area contributed by atoms with Gasteiger partial charge in [0.2, 0.25) is 0 Å². The van der Waals surface area contributed by atoms with Gasteiger partial charge >= 0.3 is 6.18 Å². The summed E-state index contributed by atoms with van der Waals surface area (Å²) in [7, 11) is 0. The lowest BCUT2D eigenvalue weighted by atomic mass is 10.1. The molecule has 15 heavy (non-hydrogen) atoms. The van der Waals surface area contributed by atoms with E-state index in [0.717, 1.165) is 6.07 Å². The van der Waals surface area contributed by atoms with Crippen LogP contribution in [0.2, 0.25) is 0 Å². The summed E-state index contributed by atoms with van der Waals surface area (Å²) in [5, 5.41) is 0. The van der Waals surface area contributed by atoms with Crippen LogP contribution in [0.1, 0.15) is 17.0 Å². The average Bonchev–Trinajstić information content (AvgIpc) is 2.41. The number of aryl methyl sites for hydroxylation is 2. The van der Waals surface area contributed by atoms with Crippen molar-refractivity contribution in [3.05, 3.63) is 29.1 Å². The van der Waals surface area contributed by atoms with Crippen LogP contribution >= 0.6 is 0 Å². The highest BCUT2D eigenvalue weighted by molar-refractivity contribution is 5.80. The molecule has 0 saturated carbocycles. The molecule has 0 aliphatic heterocycles. The number of aromatic amines is 1. The Morgan fingerprint density at radius 2 is 1.87 bits per heavy atom. The second-order valence-electron chi connectivity index (χ2n) is 3.53. The molecule has 2 aromatic rings. The van der Waals surface area contributed by atoms with Gasteiger partial charge in [-0.2, -0.15) is 13.2 Å². The summed E-state index contributed by atoms with van der Waals surface area (Å²) in [4.78, 5) is 6.65. The molecular weight excluding hydrogens is 205 g/mol. The monoisotopic (exact) mass is 214 g/mol. The van der Waals surface area contributed by atoms with E-state index in [9.17, 15) is 13.2 Å². The van der Waals surface area contributed by atoms with Gasteiger partial charge in [-0.1, -0.05) is 0 Å². The Balaban J connectivity index is 2.82. The molecular formula is C10H9F3N2. The first-order chi connectivity index (χ1) is 6.88. The third-order valence-electron chi connectivity index (χ3n) is 2.15. The zero-order chi connectivity index (χ0) is 11.2. The maximum absolute atomic E-state index is 12.7. The van der Waals surface area contributed by atoms with Gasteiger partial charge < -0.3 is 4.98 Å². The van der Waals surface area contributed by atoms with Crippen LogP contribution in [-0.4, -0.2) is 9.97 Å². The topological polar surface area (TPSA) is 28.7 Å². The predicted molar refractivity (Wildman–Crippen MR) is 50.6 cm³/mol. The van der Waals surface area contributed by atoms with E-state index in [2.05, 4.69) is 9.97 Å². The molecule has 0 fully saturated rings. The first-order valence-electron chi connectivity index (χ1n) is 4.42. The number of H-pyrrole nitrogens is 1. The van der Waals surface area contributed by atoms with Crippen molar-refractivity contribution in [1.82, 2.24) is 9.97 Å². The first-order valence-corrected chi connectivity index (χ1v) is 4.42. The molecule has 0 spiro atoms. The van der Waals surface area contributed by atoms with E-state index in [1.54, 1.807) is 19.9 Å². The molecule has 1 heterocycles. The van der Waals surface area contributed by atoms with Crippen LogP contribution in [0.4, 0.5) is 13.2 Å². The SMILES string of the molecule is Cc1cc(C(F)(F)F)c2nc(C)[nH]c2c1. The van der Waals surface area contributed by atoms with Crippen LogP contribution in [0.5, 0.6) is 0 Å². The van der Waals surface area contributed by atoms with Crippen molar-refractivity contribution in [2.24, 2.45) is 0 Å². The maximum Gasteiger partial charge on any atom is 0.418 e. The Kier molecular flexibility index (Phi) is 1.99.